The molecule has 0 bridgehead atoms. The first-order chi connectivity index (χ1) is 11.3. The van der Waals surface area contributed by atoms with Crippen molar-refractivity contribution in [3.63, 3.8) is 0 Å². The number of rotatable bonds is 2. The minimum atomic E-state index is 1.01. The van der Waals surface area contributed by atoms with E-state index in [1.165, 1.54) is 10.8 Å². The van der Waals surface area contributed by atoms with Crippen LogP contribution in [0.5, 0.6) is 0 Å². The zero-order valence-corrected chi connectivity index (χ0v) is 12.7. The van der Waals surface area contributed by atoms with Crippen LogP contribution in [0.2, 0.25) is 0 Å². The summed E-state index contributed by atoms with van der Waals surface area (Å²) in [6.07, 6.45) is 9.90. The Morgan fingerprint density at radius 3 is 2.78 bits per heavy atom. The summed E-state index contributed by atoms with van der Waals surface area (Å²) < 4.78 is 1.88. The smallest absolute Gasteiger partial charge is 0.147 e. The van der Waals surface area contributed by atoms with Gasteiger partial charge in [-0.05, 0) is 28.7 Å². The van der Waals surface area contributed by atoms with Crippen molar-refractivity contribution in [2.75, 3.05) is 0 Å². The molecule has 0 spiro atoms. The van der Waals surface area contributed by atoms with E-state index in [-0.39, 0.29) is 0 Å². The van der Waals surface area contributed by atoms with Gasteiger partial charge in [-0.25, -0.2) is 0 Å². The van der Waals surface area contributed by atoms with Crippen LogP contribution < -0.4 is 0 Å². The maximum Gasteiger partial charge on any atom is 0.147 e. The van der Waals surface area contributed by atoms with Gasteiger partial charge in [-0.2, -0.15) is 0 Å². The Hall–Kier alpha value is -3.13. The topological polar surface area (TPSA) is 15.9 Å². The Balaban J connectivity index is 1.84. The molecule has 0 N–H and O–H groups in total. The van der Waals surface area contributed by atoms with Crippen LogP contribution in [-0.4, -0.2) is 16.3 Å². The van der Waals surface area contributed by atoms with Crippen molar-refractivity contribution >= 4 is 17.5 Å². The first-order valence-electron chi connectivity index (χ1n) is 7.59. The number of aromatic nitrogens is 1. The van der Waals surface area contributed by atoms with Crippen LogP contribution in [0.1, 0.15) is 5.56 Å². The summed E-state index contributed by atoms with van der Waals surface area (Å²) in [6, 6.07) is 19.9. The molecule has 1 aliphatic rings. The van der Waals surface area contributed by atoms with E-state index < -0.39 is 0 Å². The molecule has 2 nitrogen and oxygen atoms in total. The Morgan fingerprint density at radius 1 is 0.957 bits per heavy atom. The summed E-state index contributed by atoms with van der Waals surface area (Å²) in [4.78, 5) is 4.61. The quantitative estimate of drug-likeness (QED) is 0.499. The van der Waals surface area contributed by atoms with Gasteiger partial charge in [0.05, 0.1) is 12.4 Å². The zero-order valence-electron chi connectivity index (χ0n) is 12.7. The lowest BCUT2D eigenvalue weighted by Crippen LogP contribution is -2.12. The minimum Gasteiger partial charge on any atom is -0.256 e. The van der Waals surface area contributed by atoms with Crippen LogP contribution in [0.25, 0.3) is 22.0 Å². The fraction of sp³-hybridized carbons (Fsp3) is 0. The Morgan fingerprint density at radius 2 is 1.87 bits per heavy atom. The van der Waals surface area contributed by atoms with Gasteiger partial charge in [-0.15, -0.1) is 12.1 Å². The van der Waals surface area contributed by atoms with Crippen molar-refractivity contribution in [3.8, 4) is 11.3 Å². The molecule has 0 saturated heterocycles. The third-order valence-electron chi connectivity index (χ3n) is 4.05. The summed E-state index contributed by atoms with van der Waals surface area (Å²) in [5.41, 5.74) is 3.26. The van der Waals surface area contributed by atoms with E-state index in [2.05, 4.69) is 66.3 Å². The van der Waals surface area contributed by atoms with Gasteiger partial charge in [0.25, 0.3) is 0 Å². The number of fused-ring (bicyclic) bond motifs is 1. The average Bonchev–Trinajstić information content (AvgIpc) is 2.62. The van der Waals surface area contributed by atoms with Crippen molar-refractivity contribution in [2.45, 2.75) is 0 Å². The van der Waals surface area contributed by atoms with Gasteiger partial charge >= 0.3 is 0 Å². The van der Waals surface area contributed by atoms with Gasteiger partial charge in [-0.3, -0.25) is 9.56 Å². The van der Waals surface area contributed by atoms with Crippen LogP contribution in [-0.2, 0) is 0 Å². The van der Waals surface area contributed by atoms with Crippen molar-refractivity contribution in [3.05, 3.63) is 96.8 Å². The molecule has 0 amide bonds. The number of hydrogen-bond donors (Lipinski definition) is 0. The summed E-state index contributed by atoms with van der Waals surface area (Å²) >= 11 is 0. The molecular formula is C21H16N2. The van der Waals surface area contributed by atoms with Gasteiger partial charge in [0.2, 0.25) is 0 Å². The first-order valence-corrected chi connectivity index (χ1v) is 7.59. The van der Waals surface area contributed by atoms with Gasteiger partial charge in [0.1, 0.15) is 12.2 Å². The van der Waals surface area contributed by atoms with Gasteiger partial charge in [-0.1, -0.05) is 48.5 Å². The van der Waals surface area contributed by atoms with Crippen LogP contribution in [0, 0.1) is 6.04 Å². The molecule has 4 rings (SSSR count). The highest BCUT2D eigenvalue weighted by Crippen LogP contribution is 2.29. The lowest BCUT2D eigenvalue weighted by atomic mass is 9.98. The van der Waals surface area contributed by atoms with Gasteiger partial charge in [0.15, 0.2) is 0 Å². The molecule has 0 unspecified atom stereocenters. The number of benzene rings is 2. The lowest BCUT2D eigenvalue weighted by molar-refractivity contribution is -0.417. The Bertz CT molecular complexity index is 945. The second-order valence-corrected chi connectivity index (χ2v) is 5.52. The SMILES string of the molecule is C=[N+]1C=CC=C[C-]1c1cccc(-c2nccc3ccccc23)c1. The van der Waals surface area contributed by atoms with Crippen LogP contribution >= 0.6 is 0 Å². The third-order valence-corrected chi connectivity index (χ3v) is 4.05. The van der Waals surface area contributed by atoms with Crippen molar-refractivity contribution in [2.24, 2.45) is 0 Å². The number of nitrogens with zero attached hydrogens (tertiary/aromatic N) is 2. The largest absolute Gasteiger partial charge is 0.256 e. The summed E-state index contributed by atoms with van der Waals surface area (Å²) in [6.45, 7) is 4.05. The van der Waals surface area contributed by atoms with Crippen LogP contribution in [0.3, 0.4) is 0 Å². The van der Waals surface area contributed by atoms with E-state index >= 15 is 0 Å². The molecule has 110 valence electrons. The lowest BCUT2D eigenvalue weighted by Gasteiger charge is -2.17. The molecule has 2 aromatic carbocycles. The van der Waals surface area contributed by atoms with Crippen LogP contribution in [0.15, 0.2) is 85.2 Å². The molecule has 3 aromatic rings. The van der Waals surface area contributed by atoms with E-state index in [1.54, 1.807) is 0 Å². The Kier molecular flexibility index (Phi) is 3.28. The average molecular weight is 296 g/mol. The predicted octanol–water partition coefficient (Wildman–Crippen LogP) is 4.58. The minimum absolute atomic E-state index is 1.01. The number of allylic oxidation sites excluding steroid dienone is 2. The number of hydrogen-bond acceptors (Lipinski definition) is 1. The molecule has 2 heterocycles. The van der Waals surface area contributed by atoms with E-state index in [0.717, 1.165) is 22.9 Å². The first kappa shape index (κ1) is 13.5. The summed E-state index contributed by atoms with van der Waals surface area (Å²) in [7, 11) is 0. The van der Waals surface area contributed by atoms with Crippen molar-refractivity contribution in [1.82, 2.24) is 4.98 Å². The molecule has 0 saturated carbocycles. The maximum atomic E-state index is 4.61. The fourth-order valence-electron chi connectivity index (χ4n) is 2.91. The maximum absolute atomic E-state index is 4.61. The second-order valence-electron chi connectivity index (χ2n) is 5.52. The Labute approximate surface area is 135 Å². The van der Waals surface area contributed by atoms with Crippen LogP contribution in [0.4, 0.5) is 0 Å². The molecule has 0 fully saturated rings. The second kappa shape index (κ2) is 5.58. The molecular weight excluding hydrogens is 280 g/mol. The fourth-order valence-corrected chi connectivity index (χ4v) is 2.91. The van der Waals surface area contributed by atoms with Gasteiger partial charge in [0, 0.05) is 11.6 Å². The molecule has 1 aliphatic heterocycles. The highest BCUT2D eigenvalue weighted by molar-refractivity contribution is 5.94. The third kappa shape index (κ3) is 2.44. The van der Waals surface area contributed by atoms with Crippen molar-refractivity contribution in [1.29, 1.82) is 0 Å². The normalized spacial score (nSPS) is 13.7. The van der Waals surface area contributed by atoms with E-state index in [1.807, 2.05) is 35.2 Å². The highest BCUT2D eigenvalue weighted by atomic mass is 15.0. The van der Waals surface area contributed by atoms with E-state index in [4.69, 9.17) is 0 Å². The summed E-state index contributed by atoms with van der Waals surface area (Å²) in [5, 5.41) is 2.37. The summed E-state index contributed by atoms with van der Waals surface area (Å²) in [5.74, 6) is 0. The van der Waals surface area contributed by atoms with Crippen molar-refractivity contribution < 1.29 is 4.58 Å². The van der Waals surface area contributed by atoms with E-state index in [9.17, 15) is 0 Å². The zero-order chi connectivity index (χ0) is 15.6. The number of pyridine rings is 1. The molecule has 2 heteroatoms. The molecule has 0 atom stereocenters. The molecule has 1 aromatic heterocycles. The monoisotopic (exact) mass is 296 g/mol. The van der Waals surface area contributed by atoms with Gasteiger partial charge < -0.3 is 0 Å². The highest BCUT2D eigenvalue weighted by Gasteiger charge is 2.14. The van der Waals surface area contributed by atoms with E-state index in [0.29, 0.717) is 0 Å². The molecule has 0 aliphatic carbocycles. The molecule has 0 radical (unpaired) electrons. The standard InChI is InChI=1S/C21H16N2/c1-23-14-5-4-11-20(23)17-8-6-9-18(15-17)21-19-10-3-2-7-16(19)12-13-22-21/h2-15H,1H2. The molecule has 23 heavy (non-hydrogen) atoms. The predicted molar refractivity (Wildman–Crippen MR) is 95.2 cm³/mol.